The molecule has 0 bridgehead atoms. The Morgan fingerprint density at radius 1 is 1.44 bits per heavy atom. The fourth-order valence-electron chi connectivity index (χ4n) is 0.149. The van der Waals surface area contributed by atoms with Crippen molar-refractivity contribution < 1.29 is 0 Å². The van der Waals surface area contributed by atoms with Crippen molar-refractivity contribution in [2.75, 3.05) is 0 Å². The van der Waals surface area contributed by atoms with Gasteiger partial charge in [0.2, 0.25) is 0 Å². The Morgan fingerprint density at radius 2 is 2.00 bits per heavy atom. The summed E-state index contributed by atoms with van der Waals surface area (Å²) in [6.45, 7) is 1.58. The quantitative estimate of drug-likeness (QED) is 0.371. The summed E-state index contributed by atoms with van der Waals surface area (Å²) in [5.41, 5.74) is 16.9. The first-order valence-electron chi connectivity index (χ1n) is 2.17. The van der Waals surface area contributed by atoms with Gasteiger partial charge in [0.15, 0.2) is 5.82 Å². The van der Waals surface area contributed by atoms with Crippen LogP contribution in [0.25, 0.3) is 0 Å². The fraction of sp³-hybridized carbons (Fsp3) is 0.333. The first-order chi connectivity index (χ1) is 4.18. The van der Waals surface area contributed by atoms with Crippen LogP contribution in [0.15, 0.2) is 27.1 Å². The van der Waals surface area contributed by atoms with Crippen LogP contribution in [0.4, 0.5) is 0 Å². The normalized spacial score (nSPS) is 13.4. The van der Waals surface area contributed by atoms with Crippen molar-refractivity contribution in [3.63, 3.8) is 0 Å². The molecular formula is C3H8N6. The maximum Gasteiger partial charge on any atom is 0.166 e. The Morgan fingerprint density at radius 3 is 2.33 bits per heavy atom. The van der Waals surface area contributed by atoms with Crippen molar-refractivity contribution in [2.45, 2.75) is 6.92 Å². The molecule has 0 aliphatic heterocycles. The second-order valence-corrected chi connectivity index (χ2v) is 1.36. The van der Waals surface area contributed by atoms with Crippen molar-refractivity contribution in [1.29, 1.82) is 5.53 Å². The van der Waals surface area contributed by atoms with Crippen LogP contribution in [0.3, 0.4) is 0 Å². The number of nitrogens with two attached hydrogens (primary N) is 2. The Hall–Kier alpha value is -1.46. The number of hydrogen-bond donors (Lipinski definition) is 3. The van der Waals surface area contributed by atoms with Crippen LogP contribution < -0.4 is 11.5 Å². The zero-order valence-electron chi connectivity index (χ0n) is 5.00. The Labute approximate surface area is 52.1 Å². The summed E-state index contributed by atoms with van der Waals surface area (Å²) >= 11 is 0. The first kappa shape index (κ1) is 7.54. The van der Waals surface area contributed by atoms with E-state index in [-0.39, 0.29) is 5.82 Å². The maximum absolute atomic E-state index is 6.18. The highest BCUT2D eigenvalue weighted by Crippen LogP contribution is 1.91. The second-order valence-electron chi connectivity index (χ2n) is 1.36. The predicted octanol–water partition coefficient (Wildman–Crippen LogP) is 0.491. The number of nitrogens with one attached hydrogen (secondary N) is 1. The van der Waals surface area contributed by atoms with Gasteiger partial charge >= 0.3 is 0 Å². The number of hydrogen-bond acceptors (Lipinski definition) is 4. The summed E-state index contributed by atoms with van der Waals surface area (Å²) in [5, 5.41) is 8.79. The van der Waals surface area contributed by atoms with Crippen molar-refractivity contribution in [1.82, 2.24) is 0 Å². The fourth-order valence-corrected chi connectivity index (χ4v) is 0.149. The lowest BCUT2D eigenvalue weighted by Crippen LogP contribution is -2.03. The van der Waals surface area contributed by atoms with E-state index in [1.165, 1.54) is 0 Å². The Kier molecular flexibility index (Phi) is 2.96. The van der Waals surface area contributed by atoms with Gasteiger partial charge in [0.25, 0.3) is 0 Å². The molecule has 0 aromatic carbocycles. The molecule has 0 saturated heterocycles. The highest BCUT2D eigenvalue weighted by molar-refractivity contribution is 5.00. The molecule has 9 heavy (non-hydrogen) atoms. The summed E-state index contributed by atoms with van der Waals surface area (Å²) in [4.78, 5) is 0. The molecule has 0 aromatic rings. The summed E-state index contributed by atoms with van der Waals surface area (Å²) < 4.78 is 0. The molecule has 0 unspecified atom stereocenters. The lowest BCUT2D eigenvalue weighted by Gasteiger charge is -1.89. The monoisotopic (exact) mass is 128 g/mol. The molecule has 0 rings (SSSR count). The largest absolute Gasteiger partial charge is 0.399 e. The van der Waals surface area contributed by atoms with Gasteiger partial charge in [-0.25, -0.2) is 0 Å². The third-order valence-electron chi connectivity index (χ3n) is 0.601. The number of allylic oxidation sites excluding steroid dienone is 1. The molecule has 0 heterocycles. The SMILES string of the molecule is C/C(N)=C(N)\N=N/N=N. The van der Waals surface area contributed by atoms with E-state index in [4.69, 9.17) is 17.0 Å². The van der Waals surface area contributed by atoms with Gasteiger partial charge in [-0.3, -0.25) is 0 Å². The second kappa shape index (κ2) is 3.53. The number of nitrogens with zero attached hydrogens (tertiary/aromatic N) is 3. The lowest BCUT2D eigenvalue weighted by molar-refractivity contribution is 0.872. The van der Waals surface area contributed by atoms with E-state index >= 15 is 0 Å². The smallest absolute Gasteiger partial charge is 0.166 e. The molecule has 0 amide bonds. The molecule has 6 heteroatoms. The highest BCUT2D eigenvalue weighted by atomic mass is 15.4. The zero-order chi connectivity index (χ0) is 7.28. The molecule has 0 aliphatic rings. The van der Waals surface area contributed by atoms with E-state index in [1.807, 2.05) is 0 Å². The Balaban J connectivity index is 4.06. The van der Waals surface area contributed by atoms with Crippen molar-refractivity contribution >= 4 is 0 Å². The molecular weight excluding hydrogens is 120 g/mol. The first-order valence-corrected chi connectivity index (χ1v) is 2.17. The summed E-state index contributed by atoms with van der Waals surface area (Å²) in [6, 6.07) is 0. The van der Waals surface area contributed by atoms with Crippen LogP contribution in [0, 0.1) is 5.53 Å². The average Bonchev–Trinajstić information content (AvgIpc) is 1.82. The lowest BCUT2D eigenvalue weighted by atomic mass is 10.5. The molecule has 0 aromatic heterocycles. The van der Waals surface area contributed by atoms with Crippen molar-refractivity contribution in [3.8, 4) is 0 Å². The molecule has 0 atom stereocenters. The van der Waals surface area contributed by atoms with Gasteiger partial charge < -0.3 is 11.5 Å². The van der Waals surface area contributed by atoms with E-state index < -0.39 is 0 Å². The molecule has 0 spiro atoms. The van der Waals surface area contributed by atoms with Crippen molar-refractivity contribution in [3.05, 3.63) is 11.5 Å². The van der Waals surface area contributed by atoms with Crippen LogP contribution in [-0.2, 0) is 0 Å². The minimum atomic E-state index is 0.0889. The molecule has 0 radical (unpaired) electrons. The summed E-state index contributed by atoms with van der Waals surface area (Å²) in [6.07, 6.45) is 0. The minimum Gasteiger partial charge on any atom is -0.399 e. The van der Waals surface area contributed by atoms with Crippen LogP contribution >= 0.6 is 0 Å². The van der Waals surface area contributed by atoms with Gasteiger partial charge in [-0.15, -0.1) is 5.11 Å². The van der Waals surface area contributed by atoms with Gasteiger partial charge in [0.1, 0.15) is 0 Å². The van der Waals surface area contributed by atoms with E-state index in [0.717, 1.165) is 0 Å². The molecule has 0 aliphatic carbocycles. The number of rotatable bonds is 2. The molecule has 0 fully saturated rings. The maximum atomic E-state index is 6.18. The predicted molar refractivity (Wildman–Crippen MR) is 31.1 cm³/mol. The van der Waals surface area contributed by atoms with Gasteiger partial charge in [0, 0.05) is 5.70 Å². The summed E-state index contributed by atoms with van der Waals surface area (Å²) in [5.74, 6) is 0.0889. The van der Waals surface area contributed by atoms with E-state index in [2.05, 4.69) is 15.6 Å². The van der Waals surface area contributed by atoms with Crippen molar-refractivity contribution in [2.24, 2.45) is 27.0 Å². The standard InChI is InChI=1S/C3H8N6/c1-2(4)3(5)7-9-8-6/h6H,4-5H2,1H3/b3-2+,8-6?,9-7-. The van der Waals surface area contributed by atoms with Gasteiger partial charge in [-0.05, 0) is 17.4 Å². The van der Waals surface area contributed by atoms with Crippen LogP contribution in [0.5, 0.6) is 0 Å². The van der Waals surface area contributed by atoms with Gasteiger partial charge in [0.05, 0.1) is 0 Å². The topological polar surface area (TPSA) is 113 Å². The van der Waals surface area contributed by atoms with E-state index in [0.29, 0.717) is 5.70 Å². The molecule has 50 valence electrons. The Bertz CT molecular complexity index is 152. The van der Waals surface area contributed by atoms with Crippen LogP contribution in [0.2, 0.25) is 0 Å². The van der Waals surface area contributed by atoms with Gasteiger partial charge in [-0.2, -0.15) is 5.53 Å². The van der Waals surface area contributed by atoms with E-state index in [9.17, 15) is 0 Å². The van der Waals surface area contributed by atoms with E-state index in [1.54, 1.807) is 6.92 Å². The summed E-state index contributed by atoms with van der Waals surface area (Å²) in [7, 11) is 0. The highest BCUT2D eigenvalue weighted by Gasteiger charge is 1.86. The average molecular weight is 128 g/mol. The van der Waals surface area contributed by atoms with Gasteiger partial charge in [-0.1, -0.05) is 0 Å². The minimum absolute atomic E-state index is 0.0889. The molecule has 0 saturated carbocycles. The molecule has 5 N–H and O–H groups in total. The third-order valence-corrected chi connectivity index (χ3v) is 0.601. The van der Waals surface area contributed by atoms with Crippen LogP contribution in [-0.4, -0.2) is 0 Å². The molecule has 6 nitrogen and oxygen atoms in total. The third kappa shape index (κ3) is 3.15. The zero-order valence-corrected chi connectivity index (χ0v) is 5.00. The van der Waals surface area contributed by atoms with Crippen LogP contribution in [0.1, 0.15) is 6.92 Å².